The minimum Gasteiger partial charge on any atom is -0.480 e. The van der Waals surface area contributed by atoms with E-state index in [2.05, 4.69) is 10.3 Å². The maximum atomic E-state index is 11.2. The summed E-state index contributed by atoms with van der Waals surface area (Å²) >= 11 is 0. The number of carbonyl (C=O) groups is 1. The van der Waals surface area contributed by atoms with Crippen LogP contribution in [-0.4, -0.2) is 22.1 Å². The number of nitrogens with one attached hydrogen (secondary N) is 1. The molecule has 0 saturated carbocycles. The van der Waals surface area contributed by atoms with Crippen LogP contribution in [0, 0.1) is 5.92 Å². The quantitative estimate of drug-likeness (QED) is 0.849. The van der Waals surface area contributed by atoms with Crippen molar-refractivity contribution in [2.75, 3.05) is 0 Å². The molecule has 0 bridgehead atoms. The summed E-state index contributed by atoms with van der Waals surface area (Å²) in [6.45, 7) is 4.59. The molecule has 1 atom stereocenters. The van der Waals surface area contributed by atoms with Crippen LogP contribution in [-0.2, 0) is 11.3 Å². The number of aliphatic carboxylic acids is 1. The summed E-state index contributed by atoms with van der Waals surface area (Å²) in [5.41, 5.74) is 2.01. The largest absolute Gasteiger partial charge is 0.480 e. The number of pyridine rings is 1. The van der Waals surface area contributed by atoms with E-state index in [1.54, 1.807) is 6.20 Å². The molecule has 4 heteroatoms. The van der Waals surface area contributed by atoms with Crippen molar-refractivity contribution in [2.45, 2.75) is 32.9 Å². The highest BCUT2D eigenvalue weighted by Crippen LogP contribution is 2.16. The van der Waals surface area contributed by atoms with Gasteiger partial charge in [-0.05, 0) is 30.0 Å². The van der Waals surface area contributed by atoms with Crippen molar-refractivity contribution in [3.63, 3.8) is 0 Å². The summed E-state index contributed by atoms with van der Waals surface area (Å²) < 4.78 is 0. The van der Waals surface area contributed by atoms with Crippen molar-refractivity contribution in [3.8, 4) is 0 Å². The fourth-order valence-corrected chi connectivity index (χ4v) is 2.29. The van der Waals surface area contributed by atoms with Gasteiger partial charge in [-0.15, -0.1) is 0 Å². The Morgan fingerprint density at radius 1 is 1.30 bits per heavy atom. The Hall–Kier alpha value is -1.94. The second-order valence-electron chi connectivity index (χ2n) is 5.39. The predicted molar refractivity (Wildman–Crippen MR) is 79.5 cm³/mol. The molecule has 20 heavy (non-hydrogen) atoms. The Morgan fingerprint density at radius 3 is 2.75 bits per heavy atom. The lowest BCUT2D eigenvalue weighted by atomic mass is 10.0. The highest BCUT2D eigenvalue weighted by Gasteiger charge is 2.18. The van der Waals surface area contributed by atoms with Crippen molar-refractivity contribution in [3.05, 3.63) is 42.1 Å². The lowest BCUT2D eigenvalue weighted by Crippen LogP contribution is -2.37. The molecular weight excluding hydrogens is 252 g/mol. The number of fused-ring (bicyclic) bond motifs is 1. The summed E-state index contributed by atoms with van der Waals surface area (Å²) in [6, 6.07) is 9.31. The normalized spacial score (nSPS) is 12.8. The Kier molecular flexibility index (Phi) is 4.69. The number of nitrogens with zero attached hydrogens (tertiary/aromatic N) is 1. The fraction of sp³-hybridized carbons (Fsp3) is 0.375. The molecule has 1 unspecified atom stereocenters. The maximum absolute atomic E-state index is 11.2. The molecule has 2 aromatic rings. The third-order valence-corrected chi connectivity index (χ3v) is 3.28. The molecule has 2 rings (SSSR count). The first-order valence-electron chi connectivity index (χ1n) is 6.86. The molecule has 0 fully saturated rings. The second-order valence-corrected chi connectivity index (χ2v) is 5.39. The number of aromatic nitrogens is 1. The number of hydrogen-bond acceptors (Lipinski definition) is 3. The number of carboxylic acid groups (broad SMARTS) is 1. The maximum Gasteiger partial charge on any atom is 0.320 e. The average Bonchev–Trinajstić information content (AvgIpc) is 2.42. The standard InChI is InChI=1S/C16H20N2O2/c1-11(2)9-15(16(19)20)18-10-12-7-8-17-14-6-4-3-5-13(12)14/h3-8,11,15,18H,9-10H2,1-2H3,(H,19,20). The lowest BCUT2D eigenvalue weighted by molar-refractivity contribution is -0.140. The molecule has 0 aliphatic rings. The van der Waals surface area contributed by atoms with Gasteiger partial charge in [-0.1, -0.05) is 32.0 Å². The summed E-state index contributed by atoms with van der Waals surface area (Å²) in [4.78, 5) is 15.6. The van der Waals surface area contributed by atoms with E-state index in [1.165, 1.54) is 0 Å². The molecule has 0 aliphatic carbocycles. The van der Waals surface area contributed by atoms with Crippen LogP contribution in [0.4, 0.5) is 0 Å². The number of carboxylic acids is 1. The first-order chi connectivity index (χ1) is 9.58. The second kappa shape index (κ2) is 6.48. The third-order valence-electron chi connectivity index (χ3n) is 3.28. The molecule has 1 heterocycles. The molecule has 1 aromatic carbocycles. The first-order valence-corrected chi connectivity index (χ1v) is 6.86. The van der Waals surface area contributed by atoms with Gasteiger partial charge >= 0.3 is 5.97 Å². The number of rotatable bonds is 6. The minimum atomic E-state index is -0.794. The molecule has 0 saturated heterocycles. The average molecular weight is 272 g/mol. The van der Waals surface area contributed by atoms with E-state index in [9.17, 15) is 9.90 Å². The summed E-state index contributed by atoms with van der Waals surface area (Å²) in [6.07, 6.45) is 2.38. The fourth-order valence-electron chi connectivity index (χ4n) is 2.29. The zero-order chi connectivity index (χ0) is 14.5. The van der Waals surface area contributed by atoms with Crippen LogP contribution in [0.2, 0.25) is 0 Å². The summed E-state index contributed by atoms with van der Waals surface area (Å²) in [7, 11) is 0. The van der Waals surface area contributed by atoms with E-state index >= 15 is 0 Å². The van der Waals surface area contributed by atoms with Gasteiger partial charge in [0.1, 0.15) is 6.04 Å². The van der Waals surface area contributed by atoms with Crippen LogP contribution >= 0.6 is 0 Å². The van der Waals surface area contributed by atoms with Gasteiger partial charge < -0.3 is 10.4 Å². The van der Waals surface area contributed by atoms with Gasteiger partial charge in [-0.3, -0.25) is 9.78 Å². The van der Waals surface area contributed by atoms with E-state index in [1.807, 2.05) is 44.2 Å². The summed E-state index contributed by atoms with van der Waals surface area (Å²) in [5, 5.41) is 13.4. The minimum absolute atomic E-state index is 0.345. The van der Waals surface area contributed by atoms with Crippen LogP contribution < -0.4 is 5.32 Å². The van der Waals surface area contributed by atoms with Gasteiger partial charge in [-0.2, -0.15) is 0 Å². The number of hydrogen-bond donors (Lipinski definition) is 2. The van der Waals surface area contributed by atoms with Crippen LogP contribution in [0.1, 0.15) is 25.8 Å². The molecule has 106 valence electrons. The van der Waals surface area contributed by atoms with Crippen LogP contribution in [0.5, 0.6) is 0 Å². The molecule has 0 spiro atoms. The van der Waals surface area contributed by atoms with Crippen molar-refractivity contribution in [1.82, 2.24) is 10.3 Å². The SMILES string of the molecule is CC(C)CC(NCc1ccnc2ccccc12)C(=O)O. The van der Waals surface area contributed by atoms with Crippen molar-refractivity contribution in [2.24, 2.45) is 5.92 Å². The van der Waals surface area contributed by atoms with Crippen molar-refractivity contribution in [1.29, 1.82) is 0 Å². The highest BCUT2D eigenvalue weighted by molar-refractivity contribution is 5.81. The van der Waals surface area contributed by atoms with Gasteiger partial charge in [0, 0.05) is 18.1 Å². The van der Waals surface area contributed by atoms with Gasteiger partial charge in [0.2, 0.25) is 0 Å². The molecule has 0 amide bonds. The van der Waals surface area contributed by atoms with E-state index in [0.29, 0.717) is 18.9 Å². The predicted octanol–water partition coefficient (Wildman–Crippen LogP) is 2.82. The molecule has 1 aromatic heterocycles. The smallest absolute Gasteiger partial charge is 0.320 e. The van der Waals surface area contributed by atoms with Gasteiger partial charge in [0.05, 0.1) is 5.52 Å². The summed E-state index contributed by atoms with van der Waals surface area (Å²) in [5.74, 6) is -0.449. The van der Waals surface area contributed by atoms with Gasteiger partial charge in [0.15, 0.2) is 0 Å². The Morgan fingerprint density at radius 2 is 2.05 bits per heavy atom. The zero-order valence-electron chi connectivity index (χ0n) is 11.8. The number of benzene rings is 1. The van der Waals surface area contributed by atoms with Gasteiger partial charge in [0.25, 0.3) is 0 Å². The molecule has 4 nitrogen and oxygen atoms in total. The lowest BCUT2D eigenvalue weighted by Gasteiger charge is -2.17. The number of para-hydroxylation sites is 1. The van der Waals surface area contributed by atoms with Crippen LogP contribution in [0.3, 0.4) is 0 Å². The molecule has 2 N–H and O–H groups in total. The first kappa shape index (κ1) is 14.5. The monoisotopic (exact) mass is 272 g/mol. The molecule has 0 radical (unpaired) electrons. The third kappa shape index (κ3) is 3.54. The van der Waals surface area contributed by atoms with E-state index < -0.39 is 12.0 Å². The molecule has 0 aliphatic heterocycles. The molecular formula is C16H20N2O2. The van der Waals surface area contributed by atoms with Crippen LogP contribution in [0.15, 0.2) is 36.5 Å². The Labute approximate surface area is 118 Å². The van der Waals surface area contributed by atoms with Crippen molar-refractivity contribution < 1.29 is 9.90 Å². The van der Waals surface area contributed by atoms with Gasteiger partial charge in [-0.25, -0.2) is 0 Å². The van der Waals surface area contributed by atoms with E-state index in [0.717, 1.165) is 16.5 Å². The Bertz CT molecular complexity index is 591. The van der Waals surface area contributed by atoms with Crippen LogP contribution in [0.25, 0.3) is 10.9 Å². The highest BCUT2D eigenvalue weighted by atomic mass is 16.4. The Balaban J connectivity index is 2.13. The van der Waals surface area contributed by atoms with Crippen molar-refractivity contribution >= 4 is 16.9 Å². The topological polar surface area (TPSA) is 62.2 Å². The zero-order valence-corrected chi connectivity index (χ0v) is 11.8. The van der Waals surface area contributed by atoms with E-state index in [-0.39, 0.29) is 0 Å². The van der Waals surface area contributed by atoms with E-state index in [4.69, 9.17) is 0 Å².